The van der Waals surface area contributed by atoms with Crippen molar-refractivity contribution in [1.82, 2.24) is 5.32 Å². The fraction of sp³-hybridized carbons (Fsp3) is 0.684. The van der Waals surface area contributed by atoms with Gasteiger partial charge in [-0.15, -0.1) is 0 Å². The molecule has 1 N–H and O–H groups in total. The summed E-state index contributed by atoms with van der Waals surface area (Å²) in [4.78, 5) is 0. The maximum absolute atomic E-state index is 5.50. The molecule has 118 valence electrons. The Morgan fingerprint density at radius 2 is 1.76 bits per heavy atom. The van der Waals surface area contributed by atoms with Crippen LogP contribution in [0.15, 0.2) is 24.3 Å². The van der Waals surface area contributed by atoms with Crippen molar-refractivity contribution < 1.29 is 4.74 Å². The highest BCUT2D eigenvalue weighted by Gasteiger charge is 2.22. The molecule has 0 spiro atoms. The van der Waals surface area contributed by atoms with Crippen LogP contribution in [0.4, 0.5) is 0 Å². The van der Waals surface area contributed by atoms with E-state index in [-0.39, 0.29) is 5.54 Å². The van der Waals surface area contributed by atoms with Crippen molar-refractivity contribution in [2.24, 2.45) is 5.92 Å². The smallest absolute Gasteiger partial charge is 0.0468 e. The highest BCUT2D eigenvalue weighted by Crippen LogP contribution is 2.29. The van der Waals surface area contributed by atoms with Crippen LogP contribution in [0.3, 0.4) is 0 Å². The third-order valence-electron chi connectivity index (χ3n) is 4.39. The summed E-state index contributed by atoms with van der Waals surface area (Å²) in [5.41, 5.74) is 3.00. The minimum Gasteiger partial charge on any atom is -0.381 e. The SMILES string of the molecule is Cc1ccc(C(CNC(C)(C)C)CC2CCOCC2)cc1. The fourth-order valence-corrected chi connectivity index (χ4v) is 2.99. The average Bonchev–Trinajstić information content (AvgIpc) is 2.45. The monoisotopic (exact) mass is 289 g/mol. The third kappa shape index (κ3) is 5.80. The van der Waals surface area contributed by atoms with E-state index >= 15 is 0 Å². The molecule has 0 aliphatic carbocycles. The minimum absolute atomic E-state index is 0.179. The van der Waals surface area contributed by atoms with Gasteiger partial charge >= 0.3 is 0 Å². The molecule has 0 amide bonds. The van der Waals surface area contributed by atoms with Gasteiger partial charge in [-0.1, -0.05) is 29.8 Å². The number of aryl methyl sites for hydroxylation is 1. The van der Waals surface area contributed by atoms with E-state index in [4.69, 9.17) is 4.74 Å². The molecule has 2 rings (SSSR count). The zero-order valence-corrected chi connectivity index (χ0v) is 14.1. The van der Waals surface area contributed by atoms with Crippen molar-refractivity contribution in [3.8, 4) is 0 Å². The summed E-state index contributed by atoms with van der Waals surface area (Å²) >= 11 is 0. The van der Waals surface area contributed by atoms with Crippen molar-refractivity contribution >= 4 is 0 Å². The van der Waals surface area contributed by atoms with E-state index in [9.17, 15) is 0 Å². The maximum Gasteiger partial charge on any atom is 0.0468 e. The molecule has 0 aromatic heterocycles. The molecule has 0 bridgehead atoms. The number of nitrogens with one attached hydrogen (secondary N) is 1. The molecule has 1 unspecified atom stereocenters. The van der Waals surface area contributed by atoms with Crippen molar-refractivity contribution in [2.75, 3.05) is 19.8 Å². The van der Waals surface area contributed by atoms with Gasteiger partial charge in [0.05, 0.1) is 0 Å². The lowest BCUT2D eigenvalue weighted by molar-refractivity contribution is 0.0614. The van der Waals surface area contributed by atoms with Gasteiger partial charge in [0.15, 0.2) is 0 Å². The molecular weight excluding hydrogens is 258 g/mol. The van der Waals surface area contributed by atoms with Gasteiger partial charge in [-0.3, -0.25) is 0 Å². The predicted molar refractivity (Wildman–Crippen MR) is 89.8 cm³/mol. The standard InChI is InChI=1S/C19H31NO/c1-15-5-7-17(8-6-15)18(14-20-19(2,3)4)13-16-9-11-21-12-10-16/h5-8,16,18,20H,9-14H2,1-4H3. The third-order valence-corrected chi connectivity index (χ3v) is 4.39. The largest absolute Gasteiger partial charge is 0.381 e. The number of hydrogen-bond donors (Lipinski definition) is 1. The molecule has 1 fully saturated rings. The van der Waals surface area contributed by atoms with Gasteiger partial charge < -0.3 is 10.1 Å². The van der Waals surface area contributed by atoms with Crippen LogP contribution >= 0.6 is 0 Å². The lowest BCUT2D eigenvalue weighted by Gasteiger charge is -2.30. The summed E-state index contributed by atoms with van der Waals surface area (Å²) in [7, 11) is 0. The van der Waals surface area contributed by atoms with Crippen LogP contribution in [0.25, 0.3) is 0 Å². The van der Waals surface area contributed by atoms with Gasteiger partial charge in [0.2, 0.25) is 0 Å². The summed E-state index contributed by atoms with van der Waals surface area (Å²) in [6.07, 6.45) is 3.71. The molecule has 1 aromatic rings. The minimum atomic E-state index is 0.179. The highest BCUT2D eigenvalue weighted by molar-refractivity contribution is 5.25. The molecule has 1 atom stereocenters. The fourth-order valence-electron chi connectivity index (χ4n) is 2.99. The number of benzene rings is 1. The Balaban J connectivity index is 2.03. The lowest BCUT2D eigenvalue weighted by atomic mass is 9.84. The lowest BCUT2D eigenvalue weighted by Crippen LogP contribution is -2.39. The van der Waals surface area contributed by atoms with Crippen molar-refractivity contribution in [1.29, 1.82) is 0 Å². The van der Waals surface area contributed by atoms with Crippen LogP contribution < -0.4 is 5.32 Å². The molecule has 2 heteroatoms. The van der Waals surface area contributed by atoms with Crippen LogP contribution in [-0.2, 0) is 4.74 Å². The van der Waals surface area contributed by atoms with Crippen molar-refractivity contribution in [3.63, 3.8) is 0 Å². The van der Waals surface area contributed by atoms with Crippen molar-refractivity contribution in [2.45, 2.75) is 58.4 Å². The van der Waals surface area contributed by atoms with Crippen molar-refractivity contribution in [3.05, 3.63) is 35.4 Å². The topological polar surface area (TPSA) is 21.3 Å². The summed E-state index contributed by atoms with van der Waals surface area (Å²) in [6, 6.07) is 9.10. The summed E-state index contributed by atoms with van der Waals surface area (Å²) in [5, 5.41) is 3.69. The highest BCUT2D eigenvalue weighted by atomic mass is 16.5. The first kappa shape index (κ1) is 16.5. The van der Waals surface area contributed by atoms with E-state index in [0.717, 1.165) is 25.7 Å². The first-order chi connectivity index (χ1) is 9.94. The Labute approximate surface area is 130 Å². The van der Waals surface area contributed by atoms with E-state index in [1.165, 1.54) is 30.4 Å². The molecule has 1 saturated heterocycles. The summed E-state index contributed by atoms with van der Waals surface area (Å²) < 4.78 is 5.50. The molecule has 0 saturated carbocycles. The second-order valence-corrected chi connectivity index (χ2v) is 7.53. The zero-order valence-electron chi connectivity index (χ0n) is 14.1. The van der Waals surface area contributed by atoms with E-state index < -0.39 is 0 Å². The Bertz CT molecular complexity index is 412. The van der Waals surface area contributed by atoms with Gasteiger partial charge in [-0.05, 0) is 64.4 Å². The molecule has 1 heterocycles. The van der Waals surface area contributed by atoms with Crippen LogP contribution in [0, 0.1) is 12.8 Å². The van der Waals surface area contributed by atoms with Crippen LogP contribution in [-0.4, -0.2) is 25.3 Å². The van der Waals surface area contributed by atoms with Gasteiger partial charge in [-0.25, -0.2) is 0 Å². The van der Waals surface area contributed by atoms with E-state index in [1.807, 2.05) is 0 Å². The van der Waals surface area contributed by atoms with Crippen LogP contribution in [0.2, 0.25) is 0 Å². The molecule has 0 radical (unpaired) electrons. The van der Waals surface area contributed by atoms with Gasteiger partial charge in [0.1, 0.15) is 0 Å². The van der Waals surface area contributed by atoms with E-state index in [1.54, 1.807) is 0 Å². The molecule has 1 aliphatic rings. The van der Waals surface area contributed by atoms with Gasteiger partial charge in [0, 0.05) is 25.3 Å². The molecule has 1 aromatic carbocycles. The predicted octanol–water partition coefficient (Wildman–Crippen LogP) is 4.28. The first-order valence-corrected chi connectivity index (χ1v) is 8.33. The van der Waals surface area contributed by atoms with E-state index in [0.29, 0.717) is 5.92 Å². The maximum atomic E-state index is 5.50. The second kappa shape index (κ2) is 7.42. The van der Waals surface area contributed by atoms with Gasteiger partial charge in [0.25, 0.3) is 0 Å². The quantitative estimate of drug-likeness (QED) is 0.873. The normalized spacial score (nSPS) is 18.7. The first-order valence-electron chi connectivity index (χ1n) is 8.33. The Morgan fingerprint density at radius 1 is 1.14 bits per heavy atom. The Hall–Kier alpha value is -0.860. The van der Waals surface area contributed by atoms with Crippen LogP contribution in [0.1, 0.15) is 57.1 Å². The Morgan fingerprint density at radius 3 is 2.33 bits per heavy atom. The number of hydrogen-bond acceptors (Lipinski definition) is 2. The molecule has 2 nitrogen and oxygen atoms in total. The summed E-state index contributed by atoms with van der Waals surface area (Å²) in [5.74, 6) is 1.42. The summed E-state index contributed by atoms with van der Waals surface area (Å²) in [6.45, 7) is 11.8. The van der Waals surface area contributed by atoms with Gasteiger partial charge in [-0.2, -0.15) is 0 Å². The zero-order chi connectivity index (χ0) is 15.3. The Kier molecular flexibility index (Phi) is 5.83. The molecular formula is C19H31NO. The number of ether oxygens (including phenoxy) is 1. The van der Waals surface area contributed by atoms with E-state index in [2.05, 4.69) is 57.3 Å². The molecule has 1 aliphatic heterocycles. The average molecular weight is 289 g/mol. The number of rotatable bonds is 5. The second-order valence-electron chi connectivity index (χ2n) is 7.53. The van der Waals surface area contributed by atoms with Crippen LogP contribution in [0.5, 0.6) is 0 Å². The molecule has 21 heavy (non-hydrogen) atoms.